The largest absolute Gasteiger partial charge is 0.378 e. The van der Waals surface area contributed by atoms with Crippen LogP contribution in [0.15, 0.2) is 16.7 Å². The van der Waals surface area contributed by atoms with Crippen LogP contribution in [-0.4, -0.2) is 53.6 Å². The number of pyridine rings is 1. The minimum absolute atomic E-state index is 0.00515. The number of aromatic nitrogens is 1. The molecule has 0 unspecified atom stereocenters. The van der Waals surface area contributed by atoms with E-state index in [0.29, 0.717) is 37.3 Å². The number of amides is 1. The van der Waals surface area contributed by atoms with Gasteiger partial charge in [0.05, 0.1) is 18.1 Å². The number of nitro groups is 1. The molecule has 0 bridgehead atoms. The van der Waals surface area contributed by atoms with Gasteiger partial charge in [0.1, 0.15) is 0 Å². The average molecular weight is 359 g/mol. The van der Waals surface area contributed by atoms with Crippen LogP contribution < -0.4 is 5.32 Å². The maximum atomic E-state index is 11.9. The number of morpholine rings is 1. The number of rotatable bonds is 5. The number of carbonyl (C=O) groups excluding carboxylic acids is 1. The zero-order chi connectivity index (χ0) is 15.2. The number of hydrogen-bond donors (Lipinski definition) is 1. The molecule has 1 aromatic heterocycles. The molecule has 0 saturated carbocycles. The van der Waals surface area contributed by atoms with Gasteiger partial charge in [0.2, 0.25) is 11.7 Å². The standard InChI is InChI=1S/C12H15BrN4O4/c13-9-7-10(17(19)20)12(15-8-9)14-2-1-11(18)16-3-5-21-6-4-16/h7-8H,1-6H2,(H,14,15). The molecule has 1 amide bonds. The SMILES string of the molecule is O=C(CCNc1ncc(Br)cc1[N+](=O)[O-])N1CCOCC1. The quantitative estimate of drug-likeness (QED) is 0.631. The van der Waals surface area contributed by atoms with Crippen LogP contribution >= 0.6 is 15.9 Å². The summed E-state index contributed by atoms with van der Waals surface area (Å²) < 4.78 is 5.71. The van der Waals surface area contributed by atoms with Gasteiger partial charge < -0.3 is 15.0 Å². The first-order valence-electron chi connectivity index (χ1n) is 6.47. The second kappa shape index (κ2) is 7.32. The highest BCUT2D eigenvalue weighted by molar-refractivity contribution is 9.10. The van der Waals surface area contributed by atoms with Gasteiger partial charge in [-0.25, -0.2) is 4.98 Å². The number of hydrogen-bond acceptors (Lipinski definition) is 6. The van der Waals surface area contributed by atoms with Crippen LogP contribution in [0.5, 0.6) is 0 Å². The van der Waals surface area contributed by atoms with E-state index in [1.807, 2.05) is 0 Å². The first-order valence-corrected chi connectivity index (χ1v) is 7.26. The van der Waals surface area contributed by atoms with Crippen molar-refractivity contribution >= 4 is 33.3 Å². The Labute approximate surface area is 129 Å². The molecule has 2 heterocycles. The van der Waals surface area contributed by atoms with Crippen molar-refractivity contribution in [1.29, 1.82) is 0 Å². The summed E-state index contributed by atoms with van der Waals surface area (Å²) in [7, 11) is 0. The Morgan fingerprint density at radius 3 is 2.90 bits per heavy atom. The molecule has 9 heteroatoms. The van der Waals surface area contributed by atoms with Crippen molar-refractivity contribution in [2.75, 3.05) is 38.2 Å². The first kappa shape index (κ1) is 15.6. The van der Waals surface area contributed by atoms with Gasteiger partial charge in [-0.3, -0.25) is 14.9 Å². The van der Waals surface area contributed by atoms with Crippen molar-refractivity contribution in [3.05, 3.63) is 26.9 Å². The number of nitrogens with one attached hydrogen (secondary N) is 1. The molecule has 1 aliphatic heterocycles. The third-order valence-electron chi connectivity index (χ3n) is 3.03. The van der Waals surface area contributed by atoms with E-state index in [1.54, 1.807) is 4.90 Å². The molecular weight excluding hydrogens is 344 g/mol. The second-order valence-electron chi connectivity index (χ2n) is 4.45. The minimum atomic E-state index is -0.510. The summed E-state index contributed by atoms with van der Waals surface area (Å²) in [5.74, 6) is 0.170. The van der Waals surface area contributed by atoms with E-state index in [1.165, 1.54) is 12.3 Å². The van der Waals surface area contributed by atoms with Gasteiger partial charge in [-0.1, -0.05) is 0 Å². The number of halogens is 1. The van der Waals surface area contributed by atoms with E-state index >= 15 is 0 Å². The predicted octanol–water partition coefficient (Wildman–Crippen LogP) is 1.41. The van der Waals surface area contributed by atoms with Crippen molar-refractivity contribution in [2.24, 2.45) is 0 Å². The lowest BCUT2D eigenvalue weighted by Crippen LogP contribution is -2.41. The Balaban J connectivity index is 1.88. The van der Waals surface area contributed by atoms with Crippen LogP contribution in [0.2, 0.25) is 0 Å². The topological polar surface area (TPSA) is 97.6 Å². The summed E-state index contributed by atoms with van der Waals surface area (Å²) in [6, 6.07) is 1.37. The molecule has 114 valence electrons. The smallest absolute Gasteiger partial charge is 0.312 e. The molecule has 1 aromatic rings. The lowest BCUT2D eigenvalue weighted by atomic mass is 10.3. The first-order chi connectivity index (χ1) is 10.1. The molecule has 0 spiro atoms. The normalized spacial score (nSPS) is 14.8. The number of nitrogens with zero attached hydrogens (tertiary/aromatic N) is 3. The van der Waals surface area contributed by atoms with Crippen molar-refractivity contribution in [1.82, 2.24) is 9.88 Å². The van der Waals surface area contributed by atoms with Crippen LogP contribution in [0.4, 0.5) is 11.5 Å². The number of carbonyl (C=O) groups is 1. The van der Waals surface area contributed by atoms with Gasteiger partial charge in [-0.15, -0.1) is 0 Å². The third-order valence-corrected chi connectivity index (χ3v) is 3.46. The van der Waals surface area contributed by atoms with Gasteiger partial charge in [0, 0.05) is 42.8 Å². The predicted molar refractivity (Wildman–Crippen MR) is 79.1 cm³/mol. The summed E-state index contributed by atoms with van der Waals surface area (Å²) in [4.78, 5) is 28.0. The molecule has 0 atom stereocenters. The zero-order valence-corrected chi connectivity index (χ0v) is 12.8. The lowest BCUT2D eigenvalue weighted by Gasteiger charge is -2.26. The van der Waals surface area contributed by atoms with Gasteiger partial charge in [0.25, 0.3) is 0 Å². The van der Waals surface area contributed by atoms with Crippen molar-refractivity contribution in [3.63, 3.8) is 0 Å². The maximum Gasteiger partial charge on any atom is 0.312 e. The lowest BCUT2D eigenvalue weighted by molar-refractivity contribution is -0.384. The molecule has 1 N–H and O–H groups in total. The van der Waals surface area contributed by atoms with E-state index < -0.39 is 4.92 Å². The monoisotopic (exact) mass is 358 g/mol. The number of anilines is 1. The summed E-state index contributed by atoms with van der Waals surface area (Å²) in [6.07, 6.45) is 1.73. The molecule has 0 radical (unpaired) electrons. The van der Waals surface area contributed by atoms with E-state index in [4.69, 9.17) is 4.74 Å². The van der Waals surface area contributed by atoms with Crippen molar-refractivity contribution in [2.45, 2.75) is 6.42 Å². The molecule has 0 aliphatic carbocycles. The minimum Gasteiger partial charge on any atom is -0.378 e. The molecule has 1 aliphatic rings. The Kier molecular flexibility index (Phi) is 5.45. The summed E-state index contributed by atoms with van der Waals surface area (Å²) >= 11 is 3.14. The second-order valence-corrected chi connectivity index (χ2v) is 5.36. The van der Waals surface area contributed by atoms with Crippen molar-refractivity contribution < 1.29 is 14.5 Å². The average Bonchev–Trinajstić information content (AvgIpc) is 2.49. The third kappa shape index (κ3) is 4.36. The molecule has 0 aromatic carbocycles. The highest BCUT2D eigenvalue weighted by atomic mass is 79.9. The molecule has 1 fully saturated rings. The molecule has 1 saturated heterocycles. The number of ether oxygens (including phenoxy) is 1. The Bertz CT molecular complexity index is 534. The van der Waals surface area contributed by atoms with E-state index in [-0.39, 0.29) is 23.8 Å². The fraction of sp³-hybridized carbons (Fsp3) is 0.500. The van der Waals surface area contributed by atoms with Crippen molar-refractivity contribution in [3.8, 4) is 0 Å². The van der Waals surface area contributed by atoms with E-state index in [9.17, 15) is 14.9 Å². The highest BCUT2D eigenvalue weighted by Crippen LogP contribution is 2.25. The molecular formula is C12H15BrN4O4. The van der Waals surface area contributed by atoms with E-state index in [0.717, 1.165) is 0 Å². The fourth-order valence-corrected chi connectivity index (χ4v) is 2.28. The van der Waals surface area contributed by atoms with Crippen LogP contribution in [-0.2, 0) is 9.53 Å². The highest BCUT2D eigenvalue weighted by Gasteiger charge is 2.18. The molecule has 2 rings (SSSR count). The Morgan fingerprint density at radius 1 is 1.52 bits per heavy atom. The van der Waals surface area contributed by atoms with Gasteiger partial charge in [-0.05, 0) is 15.9 Å². The molecule has 8 nitrogen and oxygen atoms in total. The van der Waals surface area contributed by atoms with Crippen LogP contribution in [0.25, 0.3) is 0 Å². The Morgan fingerprint density at radius 2 is 2.24 bits per heavy atom. The fourth-order valence-electron chi connectivity index (χ4n) is 1.96. The van der Waals surface area contributed by atoms with Crippen LogP contribution in [0.1, 0.15) is 6.42 Å². The summed E-state index contributed by atoms with van der Waals surface area (Å²) in [5.41, 5.74) is -0.122. The maximum absolute atomic E-state index is 11.9. The Hall–Kier alpha value is -1.74. The van der Waals surface area contributed by atoms with Gasteiger partial charge >= 0.3 is 5.69 Å². The zero-order valence-electron chi connectivity index (χ0n) is 11.2. The molecule has 21 heavy (non-hydrogen) atoms. The summed E-state index contributed by atoms with van der Waals surface area (Å²) in [5, 5.41) is 13.8. The van der Waals surface area contributed by atoms with Gasteiger partial charge in [-0.2, -0.15) is 0 Å². The van der Waals surface area contributed by atoms with Crippen LogP contribution in [0, 0.1) is 10.1 Å². The van der Waals surface area contributed by atoms with Crippen LogP contribution in [0.3, 0.4) is 0 Å². The van der Waals surface area contributed by atoms with E-state index in [2.05, 4.69) is 26.2 Å². The van der Waals surface area contributed by atoms with Gasteiger partial charge in [0.15, 0.2) is 0 Å². The summed E-state index contributed by atoms with van der Waals surface area (Å²) in [6.45, 7) is 2.59.